The summed E-state index contributed by atoms with van der Waals surface area (Å²) in [4.78, 5) is 36.1. The van der Waals surface area contributed by atoms with Gasteiger partial charge in [-0.05, 0) is 34.6 Å². The fraction of sp³-hybridized carbons (Fsp3) is 0.500. The first-order valence-corrected chi connectivity index (χ1v) is 6.17. The molecule has 2 N–H and O–H groups in total. The van der Waals surface area contributed by atoms with Gasteiger partial charge < -0.3 is 10.0 Å². The smallest absolute Gasteiger partial charge is 0.331 e. The van der Waals surface area contributed by atoms with Gasteiger partial charge in [0.05, 0.1) is 0 Å². The molecule has 6 nitrogen and oxygen atoms in total. The summed E-state index contributed by atoms with van der Waals surface area (Å²) in [6.07, 6.45) is 1.56. The van der Waals surface area contributed by atoms with Crippen LogP contribution >= 0.6 is 0 Å². The molecule has 6 heteroatoms. The van der Waals surface area contributed by atoms with Crippen LogP contribution in [0.15, 0.2) is 23.8 Å². The number of carboxylic acid groups (broad SMARTS) is 1. The van der Waals surface area contributed by atoms with E-state index in [4.69, 9.17) is 5.11 Å². The highest BCUT2D eigenvalue weighted by Gasteiger charge is 2.27. The Labute approximate surface area is 119 Å². The van der Waals surface area contributed by atoms with Crippen molar-refractivity contribution in [2.45, 2.75) is 40.2 Å². The van der Waals surface area contributed by atoms with Gasteiger partial charge in [0, 0.05) is 23.2 Å². The Kier molecular flexibility index (Phi) is 6.16. The van der Waals surface area contributed by atoms with Crippen molar-refractivity contribution >= 4 is 17.9 Å². The topological polar surface area (TPSA) is 86.7 Å². The molecule has 0 saturated carbocycles. The van der Waals surface area contributed by atoms with Crippen molar-refractivity contribution < 1.29 is 19.5 Å². The van der Waals surface area contributed by atoms with Gasteiger partial charge in [-0.3, -0.25) is 10.1 Å². The molecule has 0 aromatic carbocycles. The fourth-order valence-corrected chi connectivity index (χ4v) is 1.38. The van der Waals surface area contributed by atoms with Crippen LogP contribution in [0.2, 0.25) is 0 Å². The van der Waals surface area contributed by atoms with Gasteiger partial charge >= 0.3 is 12.0 Å². The van der Waals surface area contributed by atoms with Crippen LogP contribution in [0, 0.1) is 0 Å². The number of imide groups is 1. The van der Waals surface area contributed by atoms with E-state index >= 15 is 0 Å². The minimum atomic E-state index is -1.19. The molecule has 0 atom stereocenters. The third-order valence-corrected chi connectivity index (χ3v) is 2.81. The molecule has 0 spiro atoms. The summed E-state index contributed by atoms with van der Waals surface area (Å²) < 4.78 is 0. The van der Waals surface area contributed by atoms with Crippen LogP contribution in [-0.2, 0) is 9.59 Å². The molecule has 0 saturated heterocycles. The maximum absolute atomic E-state index is 12.1. The molecular formula is C14H22N2O4. The van der Waals surface area contributed by atoms with Crippen molar-refractivity contribution in [1.82, 2.24) is 10.2 Å². The number of hydrogen-bond donors (Lipinski definition) is 2. The van der Waals surface area contributed by atoms with E-state index in [1.807, 2.05) is 20.8 Å². The number of urea groups is 1. The fourth-order valence-electron chi connectivity index (χ4n) is 1.38. The van der Waals surface area contributed by atoms with E-state index in [0.717, 1.165) is 0 Å². The molecule has 0 aromatic rings. The van der Waals surface area contributed by atoms with Crippen molar-refractivity contribution in [3.63, 3.8) is 0 Å². The predicted octanol–water partition coefficient (Wildman–Crippen LogP) is 1.93. The zero-order valence-electron chi connectivity index (χ0n) is 12.6. The standard InChI is InChI=1S/C14H22N2O4/c1-7-8-16(14(4,5)6)13(20)15-11(17)9(2)10(3)12(18)19/h7H,1,8H2,2-6H3,(H,18,19)(H,15,17,20)/b10-9+. The van der Waals surface area contributed by atoms with Gasteiger partial charge in [-0.15, -0.1) is 6.58 Å². The number of amides is 3. The number of aliphatic carboxylic acids is 1. The first-order valence-electron chi connectivity index (χ1n) is 6.17. The van der Waals surface area contributed by atoms with E-state index in [1.54, 1.807) is 6.08 Å². The molecule has 0 aliphatic heterocycles. The molecule has 0 bridgehead atoms. The maximum Gasteiger partial charge on any atom is 0.331 e. The van der Waals surface area contributed by atoms with E-state index in [0.29, 0.717) is 0 Å². The van der Waals surface area contributed by atoms with Crippen LogP contribution in [-0.4, -0.2) is 40.0 Å². The molecule has 112 valence electrons. The molecule has 0 heterocycles. The summed E-state index contributed by atoms with van der Waals surface area (Å²) in [7, 11) is 0. The Morgan fingerprint density at radius 3 is 2.05 bits per heavy atom. The Morgan fingerprint density at radius 1 is 1.20 bits per heavy atom. The van der Waals surface area contributed by atoms with Crippen LogP contribution in [0.3, 0.4) is 0 Å². The first kappa shape index (κ1) is 17.9. The van der Waals surface area contributed by atoms with E-state index in [1.165, 1.54) is 18.7 Å². The molecule has 0 unspecified atom stereocenters. The second-order valence-corrected chi connectivity index (χ2v) is 5.38. The maximum atomic E-state index is 12.1. The van der Waals surface area contributed by atoms with Gasteiger partial charge in [0.25, 0.3) is 5.91 Å². The number of nitrogens with one attached hydrogen (secondary N) is 1. The number of carbonyl (C=O) groups excluding carboxylic acids is 2. The van der Waals surface area contributed by atoms with Gasteiger partial charge in [0.1, 0.15) is 0 Å². The molecule has 20 heavy (non-hydrogen) atoms. The molecule has 0 aliphatic rings. The van der Waals surface area contributed by atoms with E-state index < -0.39 is 23.4 Å². The average Bonchev–Trinajstić information content (AvgIpc) is 2.31. The summed E-state index contributed by atoms with van der Waals surface area (Å²) in [5.41, 5.74) is -0.586. The number of hydrogen-bond acceptors (Lipinski definition) is 3. The molecule has 0 radical (unpaired) electrons. The largest absolute Gasteiger partial charge is 0.478 e. The van der Waals surface area contributed by atoms with Gasteiger partial charge in [-0.1, -0.05) is 6.08 Å². The van der Waals surface area contributed by atoms with Crippen LogP contribution < -0.4 is 5.32 Å². The monoisotopic (exact) mass is 282 g/mol. The SMILES string of the molecule is C=CCN(C(=O)NC(=O)/C(C)=C(\C)C(=O)O)C(C)(C)C. The average molecular weight is 282 g/mol. The van der Waals surface area contributed by atoms with Gasteiger partial charge in [-0.2, -0.15) is 0 Å². The third-order valence-electron chi connectivity index (χ3n) is 2.81. The summed E-state index contributed by atoms with van der Waals surface area (Å²) >= 11 is 0. The van der Waals surface area contributed by atoms with Crippen molar-refractivity contribution in [2.24, 2.45) is 0 Å². The lowest BCUT2D eigenvalue weighted by molar-refractivity contribution is -0.133. The van der Waals surface area contributed by atoms with E-state index in [2.05, 4.69) is 11.9 Å². The summed E-state index contributed by atoms with van der Waals surface area (Å²) in [6.45, 7) is 12.0. The zero-order valence-corrected chi connectivity index (χ0v) is 12.6. The first-order chi connectivity index (χ1) is 9.02. The van der Waals surface area contributed by atoms with Crippen molar-refractivity contribution in [3.05, 3.63) is 23.8 Å². The number of carbonyl (C=O) groups is 3. The lowest BCUT2D eigenvalue weighted by Crippen LogP contribution is -2.52. The number of rotatable bonds is 4. The Balaban J connectivity index is 5.08. The summed E-state index contributed by atoms with van der Waals surface area (Å²) in [5.74, 6) is -1.91. The van der Waals surface area contributed by atoms with Crippen LogP contribution in [0.25, 0.3) is 0 Å². The third kappa shape index (κ3) is 4.87. The molecule has 0 aromatic heterocycles. The normalized spacial score (nSPS) is 12.2. The summed E-state index contributed by atoms with van der Waals surface area (Å²) in [6, 6.07) is -0.583. The molecule has 0 fully saturated rings. The molecule has 0 aliphatic carbocycles. The second-order valence-electron chi connectivity index (χ2n) is 5.38. The van der Waals surface area contributed by atoms with Crippen LogP contribution in [0.4, 0.5) is 4.79 Å². The highest BCUT2D eigenvalue weighted by molar-refractivity contribution is 6.07. The summed E-state index contributed by atoms with van der Waals surface area (Å²) in [5, 5.41) is 11.0. The Hall–Kier alpha value is -2.11. The number of carboxylic acids is 1. The van der Waals surface area contributed by atoms with Crippen LogP contribution in [0.1, 0.15) is 34.6 Å². The van der Waals surface area contributed by atoms with Crippen molar-refractivity contribution in [3.8, 4) is 0 Å². The molecule has 3 amide bonds. The second kappa shape index (κ2) is 6.88. The number of nitrogens with zero attached hydrogens (tertiary/aromatic N) is 1. The lowest BCUT2D eigenvalue weighted by atomic mass is 10.1. The quantitative estimate of drug-likeness (QED) is 0.609. The van der Waals surface area contributed by atoms with Gasteiger partial charge in [-0.25, -0.2) is 9.59 Å². The van der Waals surface area contributed by atoms with Crippen molar-refractivity contribution in [1.29, 1.82) is 0 Å². The minimum Gasteiger partial charge on any atom is -0.478 e. The lowest BCUT2D eigenvalue weighted by Gasteiger charge is -2.34. The predicted molar refractivity (Wildman–Crippen MR) is 76.2 cm³/mol. The Morgan fingerprint density at radius 2 is 1.70 bits per heavy atom. The van der Waals surface area contributed by atoms with Crippen LogP contribution in [0.5, 0.6) is 0 Å². The zero-order chi connectivity index (χ0) is 16.1. The van der Waals surface area contributed by atoms with E-state index in [-0.39, 0.29) is 17.7 Å². The van der Waals surface area contributed by atoms with Crippen molar-refractivity contribution in [2.75, 3.05) is 6.54 Å². The van der Waals surface area contributed by atoms with Gasteiger partial charge in [0.15, 0.2) is 0 Å². The molecular weight excluding hydrogens is 260 g/mol. The highest BCUT2D eigenvalue weighted by Crippen LogP contribution is 2.13. The molecule has 0 rings (SSSR count). The highest BCUT2D eigenvalue weighted by atomic mass is 16.4. The minimum absolute atomic E-state index is 0.00156. The Bertz CT molecular complexity index is 458. The van der Waals surface area contributed by atoms with Gasteiger partial charge in [0.2, 0.25) is 0 Å². The van der Waals surface area contributed by atoms with E-state index in [9.17, 15) is 14.4 Å².